The van der Waals surface area contributed by atoms with Crippen molar-refractivity contribution in [2.45, 2.75) is 38.1 Å². The number of benzene rings is 3. The minimum atomic E-state index is -0.321. The Hall–Kier alpha value is -4.82. The third kappa shape index (κ3) is 4.99. The predicted octanol–water partition coefficient (Wildman–Crippen LogP) is 6.25. The van der Waals surface area contributed by atoms with Gasteiger partial charge in [-0.2, -0.15) is 0 Å². The molecule has 3 aromatic carbocycles. The van der Waals surface area contributed by atoms with Crippen molar-refractivity contribution in [3.63, 3.8) is 0 Å². The monoisotopic (exact) mass is 597 g/mol. The molecule has 0 bridgehead atoms. The molecule has 0 radical (unpaired) electrons. The van der Waals surface area contributed by atoms with Crippen LogP contribution in [0.1, 0.15) is 57.4 Å². The number of anilines is 1. The van der Waals surface area contributed by atoms with Gasteiger partial charge in [0.1, 0.15) is 24.3 Å². The van der Waals surface area contributed by atoms with Gasteiger partial charge in [0.05, 0.1) is 18.9 Å². The standard InChI is InChI=1S/C37H35N5O3/c1-23-29(3-2-4-33(23)42-14-13-28-19-27(24-5-6-24)11-12-30(28)34(42)21-43)35-31-20-32(40-36(31)39-22-38-35)25-7-9-26(10-8-25)37(44)41-15-17-45-18-16-41/h2-4,7-12,19-22,24,34H,5-6,13-18H2,1H3,(H,38,39,40). The summed E-state index contributed by atoms with van der Waals surface area (Å²) >= 11 is 0. The van der Waals surface area contributed by atoms with E-state index >= 15 is 0 Å². The van der Waals surface area contributed by atoms with Gasteiger partial charge in [-0.25, -0.2) is 9.97 Å². The number of nitrogens with one attached hydrogen (secondary N) is 1. The molecule has 1 unspecified atom stereocenters. The lowest BCUT2D eigenvalue weighted by Crippen LogP contribution is -2.40. The van der Waals surface area contributed by atoms with E-state index in [1.807, 2.05) is 29.2 Å². The number of aldehydes is 1. The number of morpholine rings is 1. The van der Waals surface area contributed by atoms with Crippen LogP contribution in [0.25, 0.3) is 33.5 Å². The molecule has 3 aliphatic rings. The summed E-state index contributed by atoms with van der Waals surface area (Å²) in [6.45, 7) is 5.29. The van der Waals surface area contributed by atoms with Crippen molar-refractivity contribution in [3.8, 4) is 22.5 Å². The van der Waals surface area contributed by atoms with Gasteiger partial charge in [-0.15, -0.1) is 0 Å². The van der Waals surface area contributed by atoms with E-state index in [0.29, 0.717) is 37.8 Å². The number of hydrogen-bond acceptors (Lipinski definition) is 6. The molecule has 8 rings (SSSR count). The van der Waals surface area contributed by atoms with Crippen LogP contribution >= 0.6 is 0 Å². The zero-order chi connectivity index (χ0) is 30.5. The Kier molecular flexibility index (Phi) is 6.94. The number of hydrogen-bond donors (Lipinski definition) is 1. The fourth-order valence-corrected chi connectivity index (χ4v) is 7.01. The Balaban J connectivity index is 1.10. The molecule has 1 atom stereocenters. The number of rotatable bonds is 6. The van der Waals surface area contributed by atoms with Crippen LogP contribution in [0.2, 0.25) is 0 Å². The molecule has 1 N–H and O–H groups in total. The second-order valence-corrected chi connectivity index (χ2v) is 12.4. The highest BCUT2D eigenvalue weighted by atomic mass is 16.5. The third-order valence-electron chi connectivity index (χ3n) is 9.66. The first-order chi connectivity index (χ1) is 22.1. The first-order valence-electron chi connectivity index (χ1n) is 15.8. The Labute approximate surface area is 262 Å². The van der Waals surface area contributed by atoms with Crippen molar-refractivity contribution >= 4 is 28.9 Å². The summed E-state index contributed by atoms with van der Waals surface area (Å²) in [5.74, 6) is 0.728. The van der Waals surface area contributed by atoms with Crippen LogP contribution in [-0.2, 0) is 16.0 Å². The highest BCUT2D eigenvalue weighted by Crippen LogP contribution is 2.43. The number of amides is 1. The molecule has 8 nitrogen and oxygen atoms in total. The minimum Gasteiger partial charge on any atom is -0.378 e. The summed E-state index contributed by atoms with van der Waals surface area (Å²) in [6.07, 6.45) is 6.14. The minimum absolute atomic E-state index is 0.0297. The normalized spacial score (nSPS) is 18.2. The Morgan fingerprint density at radius 3 is 2.58 bits per heavy atom. The van der Waals surface area contributed by atoms with Gasteiger partial charge in [-0.1, -0.05) is 42.5 Å². The Morgan fingerprint density at radius 2 is 1.80 bits per heavy atom. The van der Waals surface area contributed by atoms with Gasteiger partial charge in [0.15, 0.2) is 0 Å². The van der Waals surface area contributed by atoms with E-state index in [1.54, 1.807) is 6.33 Å². The highest BCUT2D eigenvalue weighted by molar-refractivity contribution is 5.97. The molecule has 2 aromatic heterocycles. The number of H-pyrrole nitrogens is 1. The average molecular weight is 598 g/mol. The quantitative estimate of drug-likeness (QED) is 0.233. The summed E-state index contributed by atoms with van der Waals surface area (Å²) in [7, 11) is 0. The van der Waals surface area contributed by atoms with Crippen LogP contribution in [0, 0.1) is 6.92 Å². The van der Waals surface area contributed by atoms with Crippen LogP contribution in [0.4, 0.5) is 5.69 Å². The number of nitrogens with zero attached hydrogens (tertiary/aromatic N) is 4. The maximum absolute atomic E-state index is 12.9. The summed E-state index contributed by atoms with van der Waals surface area (Å²) in [6, 6.07) is 22.4. The van der Waals surface area contributed by atoms with Gasteiger partial charge in [0.25, 0.3) is 5.91 Å². The largest absolute Gasteiger partial charge is 0.378 e. The molecule has 0 spiro atoms. The van der Waals surface area contributed by atoms with E-state index in [2.05, 4.69) is 64.3 Å². The summed E-state index contributed by atoms with van der Waals surface area (Å²) in [4.78, 5) is 42.3. The molecule has 226 valence electrons. The van der Waals surface area contributed by atoms with Crippen LogP contribution in [0.5, 0.6) is 0 Å². The van der Waals surface area contributed by atoms with E-state index in [0.717, 1.165) is 69.6 Å². The van der Waals surface area contributed by atoms with E-state index in [9.17, 15) is 9.59 Å². The lowest BCUT2D eigenvalue weighted by atomic mass is 9.89. The second kappa shape index (κ2) is 11.3. The molecule has 1 saturated heterocycles. The first kappa shape index (κ1) is 27.7. The number of aromatic nitrogens is 3. The number of ether oxygens (including phenoxy) is 1. The molecule has 4 heterocycles. The molecule has 1 aliphatic carbocycles. The molecular weight excluding hydrogens is 562 g/mol. The van der Waals surface area contributed by atoms with Crippen molar-refractivity contribution in [2.24, 2.45) is 0 Å². The number of aromatic amines is 1. The van der Waals surface area contributed by atoms with Crippen molar-refractivity contribution in [2.75, 3.05) is 37.7 Å². The topological polar surface area (TPSA) is 91.4 Å². The van der Waals surface area contributed by atoms with E-state index < -0.39 is 0 Å². The van der Waals surface area contributed by atoms with Gasteiger partial charge in [-0.05, 0) is 84.2 Å². The van der Waals surface area contributed by atoms with Gasteiger partial charge in [0.2, 0.25) is 0 Å². The van der Waals surface area contributed by atoms with Crippen LogP contribution in [0.3, 0.4) is 0 Å². The van der Waals surface area contributed by atoms with Crippen molar-refractivity contribution in [1.29, 1.82) is 0 Å². The molecular formula is C37H35N5O3. The first-order valence-corrected chi connectivity index (χ1v) is 15.8. The predicted molar refractivity (Wildman–Crippen MR) is 174 cm³/mol. The molecule has 1 saturated carbocycles. The lowest BCUT2D eigenvalue weighted by molar-refractivity contribution is -0.109. The van der Waals surface area contributed by atoms with Gasteiger partial charge >= 0.3 is 0 Å². The number of carbonyl (C=O) groups is 2. The van der Waals surface area contributed by atoms with Gasteiger partial charge in [-0.3, -0.25) is 4.79 Å². The number of carbonyl (C=O) groups excluding carboxylic acids is 2. The van der Waals surface area contributed by atoms with Crippen molar-refractivity contribution < 1.29 is 14.3 Å². The van der Waals surface area contributed by atoms with E-state index in [-0.39, 0.29) is 11.9 Å². The Morgan fingerprint density at radius 1 is 0.978 bits per heavy atom. The van der Waals surface area contributed by atoms with Gasteiger partial charge in [0, 0.05) is 47.5 Å². The highest BCUT2D eigenvalue weighted by Gasteiger charge is 2.31. The molecule has 2 fully saturated rings. The van der Waals surface area contributed by atoms with Crippen LogP contribution < -0.4 is 4.90 Å². The second-order valence-electron chi connectivity index (χ2n) is 12.4. The smallest absolute Gasteiger partial charge is 0.254 e. The fourth-order valence-electron chi connectivity index (χ4n) is 7.01. The maximum atomic E-state index is 12.9. The maximum Gasteiger partial charge on any atom is 0.254 e. The average Bonchev–Trinajstić information content (AvgIpc) is 3.85. The Bertz CT molecular complexity index is 1920. The lowest BCUT2D eigenvalue weighted by Gasteiger charge is -2.37. The molecule has 1 amide bonds. The SMILES string of the molecule is Cc1c(-c2ncnc3[nH]c(-c4ccc(C(=O)N5CCOCC5)cc4)cc23)cccc1N1CCc2cc(C3CC3)ccc2C1C=O. The van der Waals surface area contributed by atoms with Gasteiger partial charge < -0.3 is 24.3 Å². The zero-order valence-electron chi connectivity index (χ0n) is 25.3. The van der Waals surface area contributed by atoms with E-state index in [1.165, 1.54) is 24.0 Å². The zero-order valence-corrected chi connectivity index (χ0v) is 25.3. The van der Waals surface area contributed by atoms with Crippen LogP contribution in [-0.4, -0.2) is 64.9 Å². The summed E-state index contributed by atoms with van der Waals surface area (Å²) in [5, 5.41) is 0.921. The van der Waals surface area contributed by atoms with E-state index in [4.69, 9.17) is 9.72 Å². The van der Waals surface area contributed by atoms with Crippen molar-refractivity contribution in [3.05, 3.63) is 101 Å². The van der Waals surface area contributed by atoms with Crippen LogP contribution in [0.15, 0.2) is 73.1 Å². The third-order valence-corrected chi connectivity index (χ3v) is 9.66. The number of fused-ring (bicyclic) bond motifs is 2. The fraction of sp³-hybridized carbons (Fsp3) is 0.297. The summed E-state index contributed by atoms with van der Waals surface area (Å²) in [5.41, 5.74) is 11.1. The molecule has 5 aromatic rings. The molecule has 2 aliphatic heterocycles. The summed E-state index contributed by atoms with van der Waals surface area (Å²) < 4.78 is 5.39. The van der Waals surface area contributed by atoms with Crippen molar-refractivity contribution in [1.82, 2.24) is 19.9 Å². The molecule has 8 heteroatoms. The molecule has 45 heavy (non-hydrogen) atoms.